The summed E-state index contributed by atoms with van der Waals surface area (Å²) >= 11 is 25.6. The van der Waals surface area contributed by atoms with Gasteiger partial charge in [0, 0.05) is 47.6 Å². The molecule has 7 heteroatoms. The third kappa shape index (κ3) is 3.85. The first kappa shape index (κ1) is 22.1. The molecule has 0 atom stereocenters. The van der Waals surface area contributed by atoms with E-state index in [1.807, 2.05) is 54.6 Å². The molecule has 0 aliphatic rings. The van der Waals surface area contributed by atoms with E-state index in [0.29, 0.717) is 32.2 Å². The Bertz CT molecular complexity index is 1550. The molecule has 1 amide bonds. The largest absolute Gasteiger partial charge is 0.366 e. The van der Waals surface area contributed by atoms with Gasteiger partial charge >= 0.3 is 0 Å². The highest BCUT2D eigenvalue weighted by atomic mass is 35.5. The molecule has 0 bridgehead atoms. The van der Waals surface area contributed by atoms with E-state index >= 15 is 0 Å². The minimum atomic E-state index is -0.486. The van der Waals surface area contributed by atoms with Crippen LogP contribution in [0.15, 0.2) is 72.8 Å². The first-order valence-electron chi connectivity index (χ1n) is 10.1. The molecule has 0 saturated heterocycles. The summed E-state index contributed by atoms with van der Waals surface area (Å²) in [5.41, 5.74) is 10.5. The zero-order chi connectivity index (χ0) is 23.3. The maximum atomic E-state index is 12.2. The molecule has 33 heavy (non-hydrogen) atoms. The van der Waals surface area contributed by atoms with E-state index < -0.39 is 5.91 Å². The van der Waals surface area contributed by atoms with Crippen LogP contribution in [0.2, 0.25) is 20.1 Å². The molecule has 0 aliphatic carbocycles. The molecule has 0 unspecified atom stereocenters. The molecular weight excluding hydrogens is 498 g/mol. The lowest BCUT2D eigenvalue weighted by Gasteiger charge is -2.12. The van der Waals surface area contributed by atoms with Crippen LogP contribution in [0.3, 0.4) is 0 Å². The lowest BCUT2D eigenvalue weighted by molar-refractivity contribution is 0.100. The Hall–Kier alpha value is -2.69. The average Bonchev–Trinajstić information content (AvgIpc) is 3.09. The van der Waals surface area contributed by atoms with Gasteiger partial charge in [0.1, 0.15) is 0 Å². The van der Waals surface area contributed by atoms with Crippen molar-refractivity contribution in [1.29, 1.82) is 0 Å². The molecule has 2 N–H and O–H groups in total. The molecule has 1 heterocycles. The SMILES string of the molecule is NC(=O)c1cccc2c1c1ccc(-c3ccc(Cl)cc3Cl)cc1n2Cc1c(Cl)cccc1Cl. The van der Waals surface area contributed by atoms with E-state index in [-0.39, 0.29) is 0 Å². The van der Waals surface area contributed by atoms with Gasteiger partial charge in [-0.15, -0.1) is 0 Å². The fourth-order valence-electron chi connectivity index (χ4n) is 4.25. The number of halogens is 4. The van der Waals surface area contributed by atoms with Gasteiger partial charge in [0.2, 0.25) is 5.91 Å². The van der Waals surface area contributed by atoms with Crippen LogP contribution < -0.4 is 5.73 Å². The number of carbonyl (C=O) groups excluding carboxylic acids is 1. The van der Waals surface area contributed by atoms with Gasteiger partial charge in [0.15, 0.2) is 0 Å². The molecule has 0 fully saturated rings. The number of nitrogens with two attached hydrogens (primary N) is 1. The number of fused-ring (bicyclic) bond motifs is 3. The highest BCUT2D eigenvalue weighted by Gasteiger charge is 2.19. The fourth-order valence-corrected chi connectivity index (χ4v) is 5.29. The van der Waals surface area contributed by atoms with Crippen molar-refractivity contribution in [2.75, 3.05) is 0 Å². The van der Waals surface area contributed by atoms with Crippen LogP contribution in [0.1, 0.15) is 15.9 Å². The van der Waals surface area contributed by atoms with Crippen molar-refractivity contribution >= 4 is 74.1 Å². The van der Waals surface area contributed by atoms with Crippen molar-refractivity contribution in [1.82, 2.24) is 4.57 Å². The van der Waals surface area contributed by atoms with Crippen molar-refractivity contribution in [3.05, 3.63) is 104 Å². The molecule has 0 spiro atoms. The summed E-state index contributed by atoms with van der Waals surface area (Å²) in [5.74, 6) is -0.486. The summed E-state index contributed by atoms with van der Waals surface area (Å²) in [5, 5.41) is 3.95. The Morgan fingerprint density at radius 2 is 1.52 bits per heavy atom. The van der Waals surface area contributed by atoms with Crippen molar-refractivity contribution < 1.29 is 4.79 Å². The fraction of sp³-hybridized carbons (Fsp3) is 0.0385. The first-order valence-corrected chi connectivity index (χ1v) is 11.6. The number of aromatic nitrogens is 1. The summed E-state index contributed by atoms with van der Waals surface area (Å²) in [6.07, 6.45) is 0. The van der Waals surface area contributed by atoms with Crippen molar-refractivity contribution in [2.24, 2.45) is 5.73 Å². The van der Waals surface area contributed by atoms with Crippen molar-refractivity contribution in [2.45, 2.75) is 6.54 Å². The smallest absolute Gasteiger partial charge is 0.249 e. The zero-order valence-electron chi connectivity index (χ0n) is 17.1. The molecule has 1 aromatic heterocycles. The van der Waals surface area contributed by atoms with Crippen LogP contribution in [-0.2, 0) is 6.54 Å². The lowest BCUT2D eigenvalue weighted by Crippen LogP contribution is -2.11. The highest BCUT2D eigenvalue weighted by molar-refractivity contribution is 6.37. The summed E-state index contributed by atoms with van der Waals surface area (Å²) in [6.45, 7) is 0.415. The molecule has 0 saturated carbocycles. The summed E-state index contributed by atoms with van der Waals surface area (Å²) in [7, 11) is 0. The third-order valence-corrected chi connectivity index (χ3v) is 7.03. The number of carbonyl (C=O) groups is 1. The maximum Gasteiger partial charge on any atom is 0.249 e. The molecule has 164 valence electrons. The van der Waals surface area contributed by atoms with Crippen molar-refractivity contribution in [3.8, 4) is 11.1 Å². The summed E-state index contributed by atoms with van der Waals surface area (Å²) in [6, 6.07) is 22.4. The van der Waals surface area contributed by atoms with Gasteiger partial charge in [-0.05, 0) is 48.0 Å². The van der Waals surface area contributed by atoms with Crippen LogP contribution in [0.25, 0.3) is 32.9 Å². The van der Waals surface area contributed by atoms with Crippen LogP contribution in [0, 0.1) is 0 Å². The zero-order valence-corrected chi connectivity index (χ0v) is 20.1. The molecule has 4 aromatic carbocycles. The minimum Gasteiger partial charge on any atom is -0.366 e. The quantitative estimate of drug-likeness (QED) is 0.258. The third-order valence-electron chi connectivity index (χ3n) is 5.78. The second-order valence-electron chi connectivity index (χ2n) is 7.71. The Balaban J connectivity index is 1.83. The number of primary amides is 1. The normalized spacial score (nSPS) is 11.4. The van der Waals surface area contributed by atoms with E-state index in [9.17, 15) is 4.79 Å². The summed E-state index contributed by atoms with van der Waals surface area (Å²) < 4.78 is 2.09. The Morgan fingerprint density at radius 1 is 0.788 bits per heavy atom. The topological polar surface area (TPSA) is 48.0 Å². The highest BCUT2D eigenvalue weighted by Crippen LogP contribution is 2.38. The average molecular weight is 514 g/mol. The van der Waals surface area contributed by atoms with Gasteiger partial charge in [-0.25, -0.2) is 0 Å². The van der Waals surface area contributed by atoms with Crippen LogP contribution in [-0.4, -0.2) is 10.5 Å². The van der Waals surface area contributed by atoms with Crippen LogP contribution in [0.5, 0.6) is 0 Å². The van der Waals surface area contributed by atoms with Crippen LogP contribution in [0.4, 0.5) is 0 Å². The molecule has 0 aliphatic heterocycles. The first-order chi connectivity index (χ1) is 15.8. The second kappa shape index (κ2) is 8.58. The van der Waals surface area contributed by atoms with Crippen molar-refractivity contribution in [3.63, 3.8) is 0 Å². The number of hydrogen-bond acceptors (Lipinski definition) is 1. The molecule has 0 radical (unpaired) electrons. The number of benzene rings is 4. The van der Waals surface area contributed by atoms with E-state index in [2.05, 4.69) is 4.57 Å². The predicted octanol–water partition coefficient (Wildman–Crippen LogP) is 8.22. The standard InChI is InChI=1S/C26H16Cl4N2O/c27-15-8-10-16(22(30)12-15)14-7-9-17-24(11-14)32(13-19-20(28)4-2-5-21(19)29)23-6-1-3-18(25(17)23)26(31)33/h1-12H,13H2,(H2,31,33). The van der Waals surface area contributed by atoms with Gasteiger partial charge < -0.3 is 10.3 Å². The summed E-state index contributed by atoms with van der Waals surface area (Å²) in [4.78, 5) is 12.2. The number of rotatable bonds is 4. The molecule has 5 rings (SSSR count). The number of nitrogens with zero attached hydrogens (tertiary/aromatic N) is 1. The Kier molecular flexibility index (Phi) is 5.75. The number of hydrogen-bond donors (Lipinski definition) is 1. The monoisotopic (exact) mass is 512 g/mol. The molecule has 5 aromatic rings. The van der Waals surface area contributed by atoms with E-state index in [1.54, 1.807) is 18.2 Å². The van der Waals surface area contributed by atoms with Gasteiger partial charge in [-0.2, -0.15) is 0 Å². The van der Waals surface area contributed by atoms with Gasteiger partial charge in [0.25, 0.3) is 0 Å². The predicted molar refractivity (Wildman–Crippen MR) is 139 cm³/mol. The maximum absolute atomic E-state index is 12.2. The Morgan fingerprint density at radius 3 is 2.21 bits per heavy atom. The minimum absolute atomic E-state index is 0.415. The van der Waals surface area contributed by atoms with Gasteiger partial charge in [-0.3, -0.25) is 4.79 Å². The van der Waals surface area contributed by atoms with Gasteiger partial charge in [0.05, 0.1) is 17.6 Å². The van der Waals surface area contributed by atoms with Crippen LogP contribution >= 0.6 is 46.4 Å². The van der Waals surface area contributed by atoms with E-state index in [1.165, 1.54) is 0 Å². The van der Waals surface area contributed by atoms with Gasteiger partial charge in [-0.1, -0.05) is 76.7 Å². The lowest BCUT2D eigenvalue weighted by atomic mass is 10.0. The molecule has 3 nitrogen and oxygen atoms in total. The number of amides is 1. The molecular formula is C26H16Cl4N2O. The second-order valence-corrected chi connectivity index (χ2v) is 9.36. The van der Waals surface area contributed by atoms with E-state index in [4.69, 9.17) is 52.1 Å². The Labute approximate surface area is 210 Å². The van der Waals surface area contributed by atoms with E-state index in [0.717, 1.165) is 38.5 Å².